The molecule has 0 radical (unpaired) electrons. The summed E-state index contributed by atoms with van der Waals surface area (Å²) < 4.78 is 0. The maximum absolute atomic E-state index is 11.8. The lowest BCUT2D eigenvalue weighted by molar-refractivity contribution is -0.125. The predicted octanol–water partition coefficient (Wildman–Crippen LogP) is 1.35. The number of carbonyl (C=O) groups excluding carboxylic acids is 1. The zero-order valence-electron chi connectivity index (χ0n) is 12.5. The van der Waals surface area contributed by atoms with Crippen molar-refractivity contribution in [1.82, 2.24) is 10.2 Å². The van der Waals surface area contributed by atoms with E-state index < -0.39 is 5.54 Å². The van der Waals surface area contributed by atoms with Crippen LogP contribution in [0.1, 0.15) is 47.5 Å². The van der Waals surface area contributed by atoms with E-state index in [2.05, 4.69) is 31.0 Å². The average molecular weight is 255 g/mol. The van der Waals surface area contributed by atoms with Gasteiger partial charge in [-0.1, -0.05) is 6.92 Å². The van der Waals surface area contributed by atoms with Crippen LogP contribution in [0.4, 0.5) is 0 Å². The second kappa shape index (κ2) is 5.57. The highest BCUT2D eigenvalue weighted by molar-refractivity contribution is 5.85. The summed E-state index contributed by atoms with van der Waals surface area (Å²) in [7, 11) is 0. The molecule has 1 amide bonds. The lowest BCUT2D eigenvalue weighted by Gasteiger charge is -2.43. The fourth-order valence-corrected chi connectivity index (χ4v) is 2.38. The summed E-state index contributed by atoms with van der Waals surface area (Å²) in [6.45, 7) is 13.0. The Bertz CT molecular complexity index is 294. The molecule has 0 aromatic rings. The Kier molecular flexibility index (Phi) is 4.78. The first-order valence-electron chi connectivity index (χ1n) is 6.95. The summed E-state index contributed by atoms with van der Waals surface area (Å²) in [6.07, 6.45) is 2.57. The minimum atomic E-state index is -0.800. The minimum Gasteiger partial charge on any atom is -0.353 e. The molecule has 0 aromatic heterocycles. The first-order chi connectivity index (χ1) is 8.13. The molecule has 1 aliphatic heterocycles. The lowest BCUT2D eigenvalue weighted by Crippen LogP contribution is -2.58. The van der Waals surface area contributed by atoms with E-state index in [0.717, 1.165) is 19.0 Å². The summed E-state index contributed by atoms with van der Waals surface area (Å²) in [6, 6.07) is 0. The molecule has 106 valence electrons. The van der Waals surface area contributed by atoms with E-state index in [-0.39, 0.29) is 11.4 Å². The van der Waals surface area contributed by atoms with E-state index >= 15 is 0 Å². The molecule has 4 heteroatoms. The molecule has 1 saturated heterocycles. The number of nitrogens with two attached hydrogens (primary N) is 1. The number of nitrogens with zero attached hydrogens (tertiary/aromatic N) is 1. The van der Waals surface area contributed by atoms with Crippen LogP contribution >= 0.6 is 0 Å². The third kappa shape index (κ3) is 4.25. The van der Waals surface area contributed by atoms with Crippen LogP contribution in [0.15, 0.2) is 0 Å². The van der Waals surface area contributed by atoms with Crippen LogP contribution < -0.4 is 11.1 Å². The third-order valence-electron chi connectivity index (χ3n) is 3.78. The Morgan fingerprint density at radius 2 is 2.00 bits per heavy atom. The van der Waals surface area contributed by atoms with Crippen molar-refractivity contribution in [1.29, 1.82) is 0 Å². The van der Waals surface area contributed by atoms with E-state index in [1.807, 2.05) is 0 Å². The van der Waals surface area contributed by atoms with Crippen molar-refractivity contribution in [2.24, 2.45) is 11.7 Å². The van der Waals surface area contributed by atoms with Crippen LogP contribution in [-0.4, -0.2) is 41.5 Å². The highest BCUT2D eigenvalue weighted by Crippen LogP contribution is 2.23. The molecular weight excluding hydrogens is 226 g/mol. The van der Waals surface area contributed by atoms with Crippen LogP contribution in [0.25, 0.3) is 0 Å². The van der Waals surface area contributed by atoms with Gasteiger partial charge in [-0.3, -0.25) is 9.69 Å². The summed E-state index contributed by atoms with van der Waals surface area (Å²) in [5, 5.41) is 2.97. The van der Waals surface area contributed by atoms with Gasteiger partial charge in [0.15, 0.2) is 0 Å². The van der Waals surface area contributed by atoms with Gasteiger partial charge in [0.1, 0.15) is 0 Å². The van der Waals surface area contributed by atoms with Crippen molar-refractivity contribution in [2.45, 2.75) is 58.5 Å². The van der Waals surface area contributed by atoms with E-state index in [9.17, 15) is 4.79 Å². The standard InChI is InChI=1S/C14H29N3O/c1-11-7-6-8-17(9-11)13(2,3)10-16-12(18)14(4,5)15/h11H,6-10,15H2,1-5H3,(H,16,18). The van der Waals surface area contributed by atoms with Gasteiger partial charge in [-0.05, 0) is 53.0 Å². The van der Waals surface area contributed by atoms with Crippen LogP contribution in [0, 0.1) is 5.92 Å². The number of nitrogens with one attached hydrogen (secondary N) is 1. The second-order valence-corrected chi connectivity index (χ2v) is 6.91. The van der Waals surface area contributed by atoms with Crippen molar-refractivity contribution < 1.29 is 4.79 Å². The molecule has 1 aliphatic rings. The van der Waals surface area contributed by atoms with Gasteiger partial charge in [-0.15, -0.1) is 0 Å². The van der Waals surface area contributed by atoms with Gasteiger partial charge in [0.2, 0.25) is 5.91 Å². The molecule has 0 bridgehead atoms. The Morgan fingerprint density at radius 1 is 1.39 bits per heavy atom. The molecule has 1 unspecified atom stereocenters. The molecule has 0 aliphatic carbocycles. The minimum absolute atomic E-state index is 0.00437. The predicted molar refractivity (Wildman–Crippen MR) is 75.3 cm³/mol. The SMILES string of the molecule is CC1CCCN(C(C)(C)CNC(=O)C(C)(C)N)C1. The largest absolute Gasteiger partial charge is 0.353 e. The maximum Gasteiger partial charge on any atom is 0.239 e. The number of piperidine rings is 1. The Morgan fingerprint density at radius 3 is 2.50 bits per heavy atom. The van der Waals surface area contributed by atoms with Crippen LogP contribution in [0.3, 0.4) is 0 Å². The molecule has 1 fully saturated rings. The van der Waals surface area contributed by atoms with Gasteiger partial charge in [-0.25, -0.2) is 0 Å². The van der Waals surface area contributed by atoms with E-state index in [4.69, 9.17) is 5.73 Å². The second-order valence-electron chi connectivity index (χ2n) is 6.91. The molecule has 0 saturated carbocycles. The third-order valence-corrected chi connectivity index (χ3v) is 3.78. The Labute approximate surface area is 111 Å². The molecule has 18 heavy (non-hydrogen) atoms. The number of amides is 1. The van der Waals surface area contributed by atoms with E-state index in [0.29, 0.717) is 6.54 Å². The van der Waals surface area contributed by atoms with Crippen molar-refractivity contribution in [2.75, 3.05) is 19.6 Å². The molecule has 4 nitrogen and oxygen atoms in total. The highest BCUT2D eigenvalue weighted by atomic mass is 16.2. The fraction of sp³-hybridized carbons (Fsp3) is 0.929. The summed E-state index contributed by atoms with van der Waals surface area (Å²) in [5.74, 6) is 0.667. The normalized spacial score (nSPS) is 22.9. The zero-order valence-corrected chi connectivity index (χ0v) is 12.5. The van der Waals surface area contributed by atoms with Gasteiger partial charge in [0, 0.05) is 18.6 Å². The van der Waals surface area contributed by atoms with Crippen LogP contribution in [0.5, 0.6) is 0 Å². The van der Waals surface area contributed by atoms with Gasteiger partial charge >= 0.3 is 0 Å². The number of likely N-dealkylation sites (tertiary alicyclic amines) is 1. The highest BCUT2D eigenvalue weighted by Gasteiger charge is 2.31. The van der Waals surface area contributed by atoms with Gasteiger partial charge in [0.05, 0.1) is 5.54 Å². The quantitative estimate of drug-likeness (QED) is 0.797. The molecule has 1 atom stereocenters. The van der Waals surface area contributed by atoms with Crippen LogP contribution in [0.2, 0.25) is 0 Å². The smallest absolute Gasteiger partial charge is 0.239 e. The topological polar surface area (TPSA) is 58.4 Å². The van der Waals surface area contributed by atoms with Crippen molar-refractivity contribution >= 4 is 5.91 Å². The van der Waals surface area contributed by atoms with Gasteiger partial charge in [-0.2, -0.15) is 0 Å². The van der Waals surface area contributed by atoms with Crippen molar-refractivity contribution in [3.63, 3.8) is 0 Å². The summed E-state index contributed by atoms with van der Waals surface area (Å²) in [5.41, 5.74) is 4.98. The number of hydrogen-bond donors (Lipinski definition) is 2. The van der Waals surface area contributed by atoms with E-state index in [1.165, 1.54) is 12.8 Å². The summed E-state index contributed by atoms with van der Waals surface area (Å²) >= 11 is 0. The monoisotopic (exact) mass is 255 g/mol. The molecule has 1 heterocycles. The van der Waals surface area contributed by atoms with Crippen molar-refractivity contribution in [3.8, 4) is 0 Å². The molecular formula is C14H29N3O. The van der Waals surface area contributed by atoms with Crippen LogP contribution in [-0.2, 0) is 4.79 Å². The fourth-order valence-electron chi connectivity index (χ4n) is 2.38. The molecule has 3 N–H and O–H groups in total. The van der Waals surface area contributed by atoms with E-state index in [1.54, 1.807) is 13.8 Å². The summed E-state index contributed by atoms with van der Waals surface area (Å²) in [4.78, 5) is 14.3. The van der Waals surface area contributed by atoms with Gasteiger partial charge in [0.25, 0.3) is 0 Å². The average Bonchev–Trinajstić information content (AvgIpc) is 2.24. The maximum atomic E-state index is 11.8. The number of rotatable bonds is 4. The molecule has 0 spiro atoms. The van der Waals surface area contributed by atoms with Gasteiger partial charge < -0.3 is 11.1 Å². The first kappa shape index (κ1) is 15.4. The Hall–Kier alpha value is -0.610. The zero-order chi connectivity index (χ0) is 14.0. The first-order valence-corrected chi connectivity index (χ1v) is 6.95. The molecule has 1 rings (SSSR count). The number of carbonyl (C=O) groups is 1. The van der Waals surface area contributed by atoms with Crippen molar-refractivity contribution in [3.05, 3.63) is 0 Å². The Balaban J connectivity index is 2.51. The lowest BCUT2D eigenvalue weighted by atomic mass is 9.93. The number of hydrogen-bond acceptors (Lipinski definition) is 3. The molecule has 0 aromatic carbocycles.